The highest BCUT2D eigenvalue weighted by Crippen LogP contribution is 2.31. The van der Waals surface area contributed by atoms with E-state index in [1.165, 1.54) is 30.3 Å². The van der Waals surface area contributed by atoms with E-state index in [1.54, 1.807) is 18.2 Å². The van der Waals surface area contributed by atoms with Gasteiger partial charge in [-0.25, -0.2) is 0 Å². The number of aryl methyl sites for hydroxylation is 1. The first-order valence-electron chi connectivity index (χ1n) is 10.6. The topological polar surface area (TPSA) is 41.9 Å². The summed E-state index contributed by atoms with van der Waals surface area (Å²) in [5, 5.41) is 9.69. The molecule has 0 aliphatic carbocycles. The lowest BCUT2D eigenvalue weighted by Crippen LogP contribution is -2.40. The summed E-state index contributed by atoms with van der Waals surface area (Å²) in [4.78, 5) is 1.16. The Morgan fingerprint density at radius 3 is 2.11 bits per heavy atom. The lowest BCUT2D eigenvalue weighted by Gasteiger charge is -2.29. The number of alkyl halides is 7. The second-order valence-electron chi connectivity index (χ2n) is 7.96. The van der Waals surface area contributed by atoms with Gasteiger partial charge in [0, 0.05) is 18.3 Å². The highest BCUT2D eigenvalue weighted by atomic mass is 19.4. The molecule has 0 amide bonds. The molecule has 0 unspecified atom stereocenters. The Morgan fingerprint density at radius 1 is 0.833 bits per heavy atom. The highest BCUT2D eigenvalue weighted by molar-refractivity contribution is 5.52. The Labute approximate surface area is 202 Å². The van der Waals surface area contributed by atoms with Crippen LogP contribution in [0.4, 0.5) is 36.4 Å². The van der Waals surface area contributed by atoms with Crippen molar-refractivity contribution in [1.82, 2.24) is 0 Å². The Morgan fingerprint density at radius 2 is 1.47 bits per heavy atom. The van der Waals surface area contributed by atoms with Crippen LogP contribution in [0.1, 0.15) is 11.1 Å². The van der Waals surface area contributed by atoms with Crippen molar-refractivity contribution in [2.75, 3.05) is 11.4 Å². The minimum atomic E-state index is -4.92. The van der Waals surface area contributed by atoms with E-state index in [0.717, 1.165) is 22.6 Å². The van der Waals surface area contributed by atoms with Crippen LogP contribution >= 0.6 is 0 Å². The molecule has 1 N–H and O–H groups in total. The van der Waals surface area contributed by atoms with Gasteiger partial charge in [-0.3, -0.25) is 0 Å². The van der Waals surface area contributed by atoms with Crippen LogP contribution in [-0.4, -0.2) is 36.5 Å². The van der Waals surface area contributed by atoms with Gasteiger partial charge in [-0.05, 0) is 48.9 Å². The van der Waals surface area contributed by atoms with Crippen LogP contribution in [0.25, 0.3) is 0 Å². The zero-order chi connectivity index (χ0) is 26.5. The predicted molar refractivity (Wildman–Crippen MR) is 119 cm³/mol. The first-order valence-corrected chi connectivity index (χ1v) is 10.6. The van der Waals surface area contributed by atoms with Crippen LogP contribution < -0.4 is 14.4 Å². The van der Waals surface area contributed by atoms with Gasteiger partial charge in [0.25, 0.3) is 0 Å². The highest BCUT2D eigenvalue weighted by Gasteiger charge is 2.44. The summed E-state index contributed by atoms with van der Waals surface area (Å²) in [5.74, 6) is 0.200. The summed E-state index contributed by atoms with van der Waals surface area (Å²) in [6.07, 6.45) is -16.5. The van der Waals surface area contributed by atoms with E-state index in [9.17, 15) is 35.8 Å². The zero-order valence-corrected chi connectivity index (χ0v) is 18.9. The minimum absolute atomic E-state index is 0.178. The van der Waals surface area contributed by atoms with Crippen LogP contribution in [-0.2, 0) is 6.54 Å². The second kappa shape index (κ2) is 11.1. The predicted octanol–water partition coefficient (Wildman–Crippen LogP) is 6.95. The maximum Gasteiger partial charge on any atom is 0.461 e. The largest absolute Gasteiger partial charge is 0.461 e. The normalized spacial score (nSPS) is 12.9. The quantitative estimate of drug-likeness (QED) is 0.296. The molecule has 4 nitrogen and oxygen atoms in total. The molecule has 1 atom stereocenters. The van der Waals surface area contributed by atoms with Crippen LogP contribution in [0.15, 0.2) is 72.8 Å². The van der Waals surface area contributed by atoms with E-state index in [0.29, 0.717) is 11.5 Å². The number of aliphatic hydroxyl groups is 1. The van der Waals surface area contributed by atoms with Gasteiger partial charge in [0.1, 0.15) is 17.2 Å². The van der Waals surface area contributed by atoms with Crippen molar-refractivity contribution in [3.8, 4) is 17.2 Å². The van der Waals surface area contributed by atoms with Crippen molar-refractivity contribution < 1.29 is 45.3 Å². The zero-order valence-electron chi connectivity index (χ0n) is 18.9. The Hall–Kier alpha value is -3.47. The summed E-state index contributed by atoms with van der Waals surface area (Å²) >= 11 is 0. The molecule has 0 aliphatic heterocycles. The van der Waals surface area contributed by atoms with Gasteiger partial charge in [-0.15, -0.1) is 0 Å². The molecule has 194 valence electrons. The number of rotatable bonds is 10. The number of benzene rings is 3. The number of hydrogen-bond acceptors (Lipinski definition) is 4. The SMILES string of the molecule is Cc1ccc(Oc2cccc(N(Cc3cccc(OC(F)(F)C(F)F)c3)C[C@@H](O)C(F)(F)F)c2)cc1. The third-order valence-electron chi connectivity index (χ3n) is 4.99. The smallest absolute Gasteiger partial charge is 0.457 e. The fourth-order valence-electron chi connectivity index (χ4n) is 3.19. The minimum Gasteiger partial charge on any atom is -0.457 e. The van der Waals surface area contributed by atoms with Crippen molar-refractivity contribution in [2.45, 2.75) is 38.3 Å². The fraction of sp³-hybridized carbons (Fsp3) is 0.280. The number of hydrogen-bond donors (Lipinski definition) is 1. The molecular formula is C25H22F7NO3. The average molecular weight is 517 g/mol. The first-order chi connectivity index (χ1) is 16.8. The summed E-state index contributed by atoms with van der Waals surface area (Å²) in [6, 6.07) is 17.8. The van der Waals surface area contributed by atoms with Crippen molar-refractivity contribution in [3.05, 3.63) is 83.9 Å². The lowest BCUT2D eigenvalue weighted by atomic mass is 10.1. The molecule has 11 heteroatoms. The number of halogens is 7. The monoisotopic (exact) mass is 517 g/mol. The second-order valence-corrected chi connectivity index (χ2v) is 7.96. The van der Waals surface area contributed by atoms with Gasteiger partial charge in [0.2, 0.25) is 0 Å². The third kappa shape index (κ3) is 7.51. The van der Waals surface area contributed by atoms with E-state index in [4.69, 9.17) is 4.74 Å². The average Bonchev–Trinajstić information content (AvgIpc) is 2.79. The molecular weight excluding hydrogens is 495 g/mol. The third-order valence-corrected chi connectivity index (χ3v) is 4.99. The first kappa shape index (κ1) is 27.1. The maximum atomic E-state index is 13.3. The molecule has 0 radical (unpaired) electrons. The van der Waals surface area contributed by atoms with E-state index < -0.39 is 37.1 Å². The van der Waals surface area contributed by atoms with Crippen LogP contribution in [0, 0.1) is 6.92 Å². The van der Waals surface area contributed by atoms with Gasteiger partial charge in [-0.2, -0.15) is 30.7 Å². The Bertz CT molecular complexity index is 1140. The number of nitrogens with zero attached hydrogens (tertiary/aromatic N) is 1. The van der Waals surface area contributed by atoms with Crippen LogP contribution in [0.3, 0.4) is 0 Å². The fourth-order valence-corrected chi connectivity index (χ4v) is 3.19. The van der Waals surface area contributed by atoms with Crippen molar-refractivity contribution in [1.29, 1.82) is 0 Å². The number of anilines is 1. The van der Waals surface area contributed by atoms with E-state index in [-0.39, 0.29) is 17.8 Å². The summed E-state index contributed by atoms with van der Waals surface area (Å²) in [6.45, 7) is 0.706. The standard InChI is InChI=1S/C25H22F7NO3/c1-16-8-10-19(11-9-16)35-20-6-3-5-18(13-20)33(15-22(34)24(28,29)30)14-17-4-2-7-21(12-17)36-25(31,32)23(26)27/h2-13,22-23,34H,14-15H2,1H3/t22-/m1/s1. The van der Waals surface area contributed by atoms with E-state index >= 15 is 0 Å². The molecule has 0 aliphatic rings. The molecule has 0 fully saturated rings. The van der Waals surface area contributed by atoms with Crippen molar-refractivity contribution in [2.24, 2.45) is 0 Å². The maximum absolute atomic E-state index is 13.3. The molecule has 0 spiro atoms. The van der Waals surface area contributed by atoms with Gasteiger partial charge in [0.05, 0.1) is 6.54 Å². The lowest BCUT2D eigenvalue weighted by molar-refractivity contribution is -0.253. The summed E-state index contributed by atoms with van der Waals surface area (Å²) < 4.78 is 101. The Balaban J connectivity index is 1.87. The van der Waals surface area contributed by atoms with E-state index in [2.05, 4.69) is 4.74 Å². The number of aliphatic hydroxyl groups excluding tert-OH is 1. The van der Waals surface area contributed by atoms with Crippen LogP contribution in [0.5, 0.6) is 17.2 Å². The van der Waals surface area contributed by atoms with Gasteiger partial charge in [-0.1, -0.05) is 35.9 Å². The molecule has 36 heavy (non-hydrogen) atoms. The molecule has 3 aromatic rings. The van der Waals surface area contributed by atoms with E-state index in [1.807, 2.05) is 19.1 Å². The van der Waals surface area contributed by atoms with Gasteiger partial charge in [0.15, 0.2) is 6.10 Å². The molecule has 3 aromatic carbocycles. The van der Waals surface area contributed by atoms with Gasteiger partial charge >= 0.3 is 18.7 Å². The molecule has 3 rings (SSSR count). The van der Waals surface area contributed by atoms with Crippen molar-refractivity contribution in [3.63, 3.8) is 0 Å². The van der Waals surface area contributed by atoms with Crippen LogP contribution in [0.2, 0.25) is 0 Å². The number of ether oxygens (including phenoxy) is 2. The van der Waals surface area contributed by atoms with Gasteiger partial charge < -0.3 is 19.5 Å². The summed E-state index contributed by atoms with van der Waals surface area (Å²) in [5.41, 5.74) is 1.41. The molecule has 0 aromatic heterocycles. The Kier molecular flexibility index (Phi) is 8.34. The molecule has 0 saturated heterocycles. The van der Waals surface area contributed by atoms with Crippen molar-refractivity contribution >= 4 is 5.69 Å². The molecule has 0 heterocycles. The molecule has 0 bridgehead atoms. The summed E-state index contributed by atoms with van der Waals surface area (Å²) in [7, 11) is 0. The molecule has 0 saturated carbocycles.